The van der Waals surface area contributed by atoms with E-state index in [9.17, 15) is 14.4 Å². The van der Waals surface area contributed by atoms with Crippen molar-refractivity contribution in [2.24, 2.45) is 11.8 Å². The van der Waals surface area contributed by atoms with E-state index in [0.29, 0.717) is 19.3 Å². The molecule has 0 fully saturated rings. The van der Waals surface area contributed by atoms with E-state index >= 15 is 0 Å². The van der Waals surface area contributed by atoms with Crippen LogP contribution in [0.4, 0.5) is 0 Å². The zero-order valence-corrected chi connectivity index (χ0v) is 39.7. The Morgan fingerprint density at radius 1 is 0.362 bits per heavy atom. The van der Waals surface area contributed by atoms with Crippen molar-refractivity contribution < 1.29 is 28.6 Å². The van der Waals surface area contributed by atoms with Gasteiger partial charge in [0.2, 0.25) is 0 Å². The van der Waals surface area contributed by atoms with E-state index in [2.05, 4.69) is 34.6 Å². The fraction of sp³-hybridized carbons (Fsp3) is 0.942. The predicted octanol–water partition coefficient (Wildman–Crippen LogP) is 16.5. The molecule has 0 spiro atoms. The lowest BCUT2D eigenvalue weighted by atomic mass is 9.99. The van der Waals surface area contributed by atoms with Crippen LogP contribution in [0.3, 0.4) is 0 Å². The van der Waals surface area contributed by atoms with Crippen LogP contribution in [0.5, 0.6) is 0 Å². The largest absolute Gasteiger partial charge is 0.462 e. The maximum absolute atomic E-state index is 12.7. The molecule has 344 valence electrons. The van der Waals surface area contributed by atoms with Crippen molar-refractivity contribution in [1.82, 2.24) is 0 Å². The summed E-state index contributed by atoms with van der Waals surface area (Å²) in [5.41, 5.74) is 0. The van der Waals surface area contributed by atoms with E-state index in [1.54, 1.807) is 0 Å². The molecule has 0 aliphatic heterocycles. The van der Waals surface area contributed by atoms with Crippen molar-refractivity contribution in [3.05, 3.63) is 0 Å². The first-order valence-corrected chi connectivity index (χ1v) is 25.8. The van der Waals surface area contributed by atoms with Crippen LogP contribution >= 0.6 is 0 Å². The van der Waals surface area contributed by atoms with Gasteiger partial charge in [-0.3, -0.25) is 14.4 Å². The Morgan fingerprint density at radius 3 is 0.983 bits per heavy atom. The molecular formula is C52H100O6. The van der Waals surface area contributed by atoms with Crippen molar-refractivity contribution in [2.75, 3.05) is 13.2 Å². The van der Waals surface area contributed by atoms with E-state index < -0.39 is 6.10 Å². The molecule has 0 aliphatic carbocycles. The quantitative estimate of drug-likeness (QED) is 0.0346. The van der Waals surface area contributed by atoms with E-state index in [1.165, 1.54) is 173 Å². The maximum atomic E-state index is 12.7. The number of esters is 3. The summed E-state index contributed by atoms with van der Waals surface area (Å²) in [7, 11) is 0. The number of hydrogen-bond donors (Lipinski definition) is 0. The van der Waals surface area contributed by atoms with Crippen molar-refractivity contribution >= 4 is 17.9 Å². The monoisotopic (exact) mass is 821 g/mol. The first-order chi connectivity index (χ1) is 28.3. The Labute approximate surface area is 361 Å². The van der Waals surface area contributed by atoms with Gasteiger partial charge in [0, 0.05) is 19.3 Å². The Bertz CT molecular complexity index is 887. The molecule has 0 bridgehead atoms. The van der Waals surface area contributed by atoms with Gasteiger partial charge in [-0.2, -0.15) is 0 Å². The fourth-order valence-corrected chi connectivity index (χ4v) is 7.78. The molecule has 0 aromatic heterocycles. The second-order valence-electron chi connectivity index (χ2n) is 18.5. The standard InChI is InChI=1S/C52H100O6/c1-6-8-9-10-25-34-39-44-52(55)58-49(46-57-51(54)43-38-33-29-24-20-19-22-27-31-36-41-48(5)7-2)45-56-50(53)42-37-32-28-23-18-16-14-12-11-13-15-17-21-26-30-35-40-47(3)4/h47-49H,6-46H2,1-5H3/t48?,49-/m0/s1. The maximum Gasteiger partial charge on any atom is 0.306 e. The van der Waals surface area contributed by atoms with Gasteiger partial charge in [-0.1, -0.05) is 247 Å². The molecular weight excluding hydrogens is 721 g/mol. The van der Waals surface area contributed by atoms with Gasteiger partial charge < -0.3 is 14.2 Å². The number of unbranched alkanes of at least 4 members (excludes halogenated alkanes) is 30. The summed E-state index contributed by atoms with van der Waals surface area (Å²) in [6.45, 7) is 11.4. The van der Waals surface area contributed by atoms with Gasteiger partial charge in [0.05, 0.1) is 0 Å². The van der Waals surface area contributed by atoms with Crippen LogP contribution in [0, 0.1) is 11.8 Å². The summed E-state index contributed by atoms with van der Waals surface area (Å²) in [4.78, 5) is 37.8. The lowest BCUT2D eigenvalue weighted by molar-refractivity contribution is -0.167. The van der Waals surface area contributed by atoms with Crippen molar-refractivity contribution in [1.29, 1.82) is 0 Å². The minimum Gasteiger partial charge on any atom is -0.462 e. The molecule has 2 atom stereocenters. The number of hydrogen-bond acceptors (Lipinski definition) is 6. The van der Waals surface area contributed by atoms with Gasteiger partial charge in [0.15, 0.2) is 6.10 Å². The van der Waals surface area contributed by atoms with Crippen LogP contribution < -0.4 is 0 Å². The Hall–Kier alpha value is -1.59. The normalized spacial score (nSPS) is 12.5. The highest BCUT2D eigenvalue weighted by atomic mass is 16.6. The third-order valence-corrected chi connectivity index (χ3v) is 12.1. The van der Waals surface area contributed by atoms with E-state index in [0.717, 1.165) is 69.6 Å². The summed E-state index contributed by atoms with van der Waals surface area (Å²) in [5.74, 6) is 0.867. The number of rotatable bonds is 46. The number of carbonyl (C=O) groups is 3. The predicted molar refractivity (Wildman–Crippen MR) is 247 cm³/mol. The molecule has 0 radical (unpaired) electrons. The highest BCUT2D eigenvalue weighted by Gasteiger charge is 2.19. The summed E-state index contributed by atoms with van der Waals surface area (Å²) >= 11 is 0. The minimum absolute atomic E-state index is 0.0643. The van der Waals surface area contributed by atoms with Crippen LogP contribution in [0.1, 0.15) is 285 Å². The molecule has 0 aromatic carbocycles. The zero-order chi connectivity index (χ0) is 42.6. The van der Waals surface area contributed by atoms with Crippen molar-refractivity contribution in [3.8, 4) is 0 Å². The Balaban J connectivity index is 4.15. The van der Waals surface area contributed by atoms with Crippen LogP contribution in [-0.4, -0.2) is 37.2 Å². The van der Waals surface area contributed by atoms with Gasteiger partial charge in [0.1, 0.15) is 13.2 Å². The summed E-state index contributed by atoms with van der Waals surface area (Å²) in [6.07, 6.45) is 45.3. The van der Waals surface area contributed by atoms with Crippen LogP contribution in [-0.2, 0) is 28.6 Å². The fourth-order valence-electron chi connectivity index (χ4n) is 7.78. The summed E-state index contributed by atoms with van der Waals surface area (Å²) < 4.78 is 16.7. The minimum atomic E-state index is -0.760. The summed E-state index contributed by atoms with van der Waals surface area (Å²) in [5, 5.41) is 0. The number of carbonyl (C=O) groups excluding carboxylic acids is 3. The Kier molecular flexibility index (Phi) is 43.7. The van der Waals surface area contributed by atoms with Crippen molar-refractivity contribution in [2.45, 2.75) is 291 Å². The average molecular weight is 821 g/mol. The molecule has 58 heavy (non-hydrogen) atoms. The van der Waals surface area contributed by atoms with Gasteiger partial charge in [-0.05, 0) is 31.1 Å². The first-order valence-electron chi connectivity index (χ1n) is 25.8. The lowest BCUT2D eigenvalue weighted by Gasteiger charge is -2.18. The molecule has 0 saturated heterocycles. The zero-order valence-electron chi connectivity index (χ0n) is 39.7. The highest BCUT2D eigenvalue weighted by molar-refractivity contribution is 5.71. The van der Waals surface area contributed by atoms with Gasteiger partial charge in [-0.15, -0.1) is 0 Å². The third kappa shape index (κ3) is 44.0. The van der Waals surface area contributed by atoms with Gasteiger partial charge >= 0.3 is 17.9 Å². The SMILES string of the molecule is CCCCCCCCCC(=O)O[C@@H](COC(=O)CCCCCCCCCCCCCCCCCCC(C)C)COC(=O)CCCCCCCCCCCCC(C)CC. The van der Waals surface area contributed by atoms with Gasteiger partial charge in [0.25, 0.3) is 0 Å². The third-order valence-electron chi connectivity index (χ3n) is 12.1. The first kappa shape index (κ1) is 56.4. The van der Waals surface area contributed by atoms with E-state index in [4.69, 9.17) is 14.2 Å². The molecule has 1 unspecified atom stereocenters. The molecule has 0 amide bonds. The summed E-state index contributed by atoms with van der Waals surface area (Å²) in [6, 6.07) is 0. The molecule has 0 saturated carbocycles. The van der Waals surface area contributed by atoms with Crippen LogP contribution in [0.2, 0.25) is 0 Å². The van der Waals surface area contributed by atoms with Gasteiger partial charge in [-0.25, -0.2) is 0 Å². The Morgan fingerprint density at radius 2 is 0.655 bits per heavy atom. The molecule has 0 heterocycles. The molecule has 0 aromatic rings. The smallest absolute Gasteiger partial charge is 0.306 e. The number of ether oxygens (including phenoxy) is 3. The van der Waals surface area contributed by atoms with E-state index in [1.807, 2.05) is 0 Å². The molecule has 0 aliphatic rings. The molecule has 6 nitrogen and oxygen atoms in total. The second kappa shape index (κ2) is 44.9. The lowest BCUT2D eigenvalue weighted by Crippen LogP contribution is -2.30. The molecule has 6 heteroatoms. The van der Waals surface area contributed by atoms with Crippen LogP contribution in [0.25, 0.3) is 0 Å². The second-order valence-corrected chi connectivity index (χ2v) is 18.5. The van der Waals surface area contributed by atoms with E-state index in [-0.39, 0.29) is 31.1 Å². The topological polar surface area (TPSA) is 78.9 Å². The highest BCUT2D eigenvalue weighted by Crippen LogP contribution is 2.18. The van der Waals surface area contributed by atoms with Crippen LogP contribution in [0.15, 0.2) is 0 Å². The molecule has 0 rings (SSSR count). The molecule has 0 N–H and O–H groups in total. The van der Waals surface area contributed by atoms with Crippen molar-refractivity contribution in [3.63, 3.8) is 0 Å². The average Bonchev–Trinajstić information content (AvgIpc) is 3.21.